The molecule has 0 spiro atoms. The molecule has 6 nitrogen and oxygen atoms in total. The lowest BCUT2D eigenvalue weighted by Gasteiger charge is -2.06. The molecule has 0 radical (unpaired) electrons. The molecule has 120 valence electrons. The minimum Gasteiger partial charge on any atom is -0.494 e. The minimum atomic E-state index is 0.625. The zero-order chi connectivity index (χ0) is 15.9. The summed E-state index contributed by atoms with van der Waals surface area (Å²) in [5, 5.41) is 4.00. The highest BCUT2D eigenvalue weighted by Gasteiger charge is 2.07. The first kappa shape index (κ1) is 15.3. The smallest absolute Gasteiger partial charge is 0.226 e. The van der Waals surface area contributed by atoms with Crippen molar-refractivity contribution >= 4 is 0 Å². The predicted octanol–water partition coefficient (Wildman–Crippen LogP) is 3.35. The van der Waals surface area contributed by atoms with E-state index < -0.39 is 0 Å². The van der Waals surface area contributed by atoms with Crippen LogP contribution in [0.3, 0.4) is 0 Å². The van der Waals surface area contributed by atoms with Gasteiger partial charge < -0.3 is 13.8 Å². The molecule has 0 saturated carbocycles. The molecule has 0 unspecified atom stereocenters. The maximum atomic E-state index is 5.74. The van der Waals surface area contributed by atoms with Gasteiger partial charge in [-0.15, -0.1) is 0 Å². The molecular weight excluding hydrogens is 292 g/mol. The van der Waals surface area contributed by atoms with Gasteiger partial charge in [-0.3, -0.25) is 0 Å². The van der Waals surface area contributed by atoms with Crippen LogP contribution in [0.25, 0.3) is 11.4 Å². The molecule has 3 aromatic rings. The molecule has 1 aromatic carbocycles. The molecule has 2 heterocycles. The summed E-state index contributed by atoms with van der Waals surface area (Å²) < 4.78 is 13.0. The van der Waals surface area contributed by atoms with Crippen molar-refractivity contribution in [1.82, 2.24) is 19.7 Å². The van der Waals surface area contributed by atoms with E-state index in [-0.39, 0.29) is 0 Å². The summed E-state index contributed by atoms with van der Waals surface area (Å²) in [5.41, 5.74) is 0.932. The number of nitrogens with zero attached hydrogens (tertiary/aromatic N) is 4. The van der Waals surface area contributed by atoms with Crippen molar-refractivity contribution in [2.75, 3.05) is 6.61 Å². The normalized spacial score (nSPS) is 10.8. The molecule has 0 aliphatic carbocycles. The quantitative estimate of drug-likeness (QED) is 0.597. The van der Waals surface area contributed by atoms with E-state index in [1.807, 2.05) is 41.4 Å². The monoisotopic (exact) mass is 312 g/mol. The molecule has 6 heteroatoms. The molecular formula is C17H20N4O2. The Bertz CT molecular complexity index is 705. The van der Waals surface area contributed by atoms with Gasteiger partial charge in [0.1, 0.15) is 5.75 Å². The van der Waals surface area contributed by atoms with Gasteiger partial charge in [0.25, 0.3) is 0 Å². The number of aromatic nitrogens is 4. The second-order valence-electron chi connectivity index (χ2n) is 5.29. The van der Waals surface area contributed by atoms with E-state index in [0.717, 1.165) is 37.1 Å². The SMILES string of the molecule is CCCc1nc(-c2ccc(OCCCn3ccnc3)cc2)no1. The van der Waals surface area contributed by atoms with Crippen LogP contribution in [0.1, 0.15) is 25.7 Å². The molecule has 0 saturated heterocycles. The third-order valence-corrected chi connectivity index (χ3v) is 3.43. The van der Waals surface area contributed by atoms with Crippen molar-refractivity contribution in [1.29, 1.82) is 0 Å². The number of hydrogen-bond acceptors (Lipinski definition) is 5. The zero-order valence-corrected chi connectivity index (χ0v) is 13.2. The largest absolute Gasteiger partial charge is 0.494 e. The second kappa shape index (κ2) is 7.58. The molecule has 0 aliphatic heterocycles. The molecule has 0 fully saturated rings. The van der Waals surface area contributed by atoms with Gasteiger partial charge in [0.15, 0.2) is 0 Å². The Hall–Kier alpha value is -2.63. The van der Waals surface area contributed by atoms with Gasteiger partial charge in [-0.05, 0) is 37.1 Å². The van der Waals surface area contributed by atoms with Crippen LogP contribution in [0.2, 0.25) is 0 Å². The van der Waals surface area contributed by atoms with Crippen molar-refractivity contribution in [2.24, 2.45) is 0 Å². The van der Waals surface area contributed by atoms with Crippen molar-refractivity contribution in [3.63, 3.8) is 0 Å². The summed E-state index contributed by atoms with van der Waals surface area (Å²) in [6.07, 6.45) is 8.28. The molecule has 0 N–H and O–H groups in total. The van der Waals surface area contributed by atoms with E-state index in [9.17, 15) is 0 Å². The van der Waals surface area contributed by atoms with Crippen molar-refractivity contribution in [3.8, 4) is 17.1 Å². The average Bonchev–Trinajstić information content (AvgIpc) is 3.24. The van der Waals surface area contributed by atoms with Gasteiger partial charge in [-0.2, -0.15) is 4.98 Å². The number of rotatable bonds is 8. The highest BCUT2D eigenvalue weighted by atomic mass is 16.5. The van der Waals surface area contributed by atoms with E-state index in [0.29, 0.717) is 18.3 Å². The van der Waals surface area contributed by atoms with Crippen LogP contribution in [0, 0.1) is 0 Å². The fourth-order valence-corrected chi connectivity index (χ4v) is 2.24. The van der Waals surface area contributed by atoms with Gasteiger partial charge in [0.2, 0.25) is 11.7 Å². The number of benzene rings is 1. The zero-order valence-electron chi connectivity index (χ0n) is 13.2. The maximum Gasteiger partial charge on any atom is 0.226 e. The summed E-state index contributed by atoms with van der Waals surface area (Å²) in [5.74, 6) is 2.15. The molecule has 0 atom stereocenters. The Kier molecular flexibility index (Phi) is 5.03. The first-order chi connectivity index (χ1) is 11.3. The van der Waals surface area contributed by atoms with E-state index in [1.165, 1.54) is 0 Å². The molecule has 0 aliphatic rings. The fourth-order valence-electron chi connectivity index (χ4n) is 2.24. The first-order valence-corrected chi connectivity index (χ1v) is 7.86. The van der Waals surface area contributed by atoms with Crippen LogP contribution in [-0.2, 0) is 13.0 Å². The summed E-state index contributed by atoms with van der Waals surface area (Å²) >= 11 is 0. The number of hydrogen-bond donors (Lipinski definition) is 0. The van der Waals surface area contributed by atoms with E-state index in [1.54, 1.807) is 6.20 Å². The minimum absolute atomic E-state index is 0.625. The van der Waals surface area contributed by atoms with E-state index in [4.69, 9.17) is 9.26 Å². The number of ether oxygens (including phenoxy) is 1. The van der Waals surface area contributed by atoms with Crippen LogP contribution in [0.5, 0.6) is 5.75 Å². The van der Waals surface area contributed by atoms with Crippen LogP contribution >= 0.6 is 0 Å². The summed E-state index contributed by atoms with van der Waals surface area (Å²) in [7, 11) is 0. The lowest BCUT2D eigenvalue weighted by molar-refractivity contribution is 0.302. The van der Waals surface area contributed by atoms with Gasteiger partial charge in [0, 0.05) is 30.9 Å². The average molecular weight is 312 g/mol. The first-order valence-electron chi connectivity index (χ1n) is 7.86. The van der Waals surface area contributed by atoms with E-state index in [2.05, 4.69) is 22.0 Å². The summed E-state index contributed by atoms with van der Waals surface area (Å²) in [6.45, 7) is 3.66. The predicted molar refractivity (Wildman–Crippen MR) is 86.1 cm³/mol. The van der Waals surface area contributed by atoms with Crippen molar-refractivity contribution < 1.29 is 9.26 Å². The van der Waals surface area contributed by atoms with Crippen LogP contribution in [0.15, 0.2) is 47.5 Å². The standard InChI is InChI=1S/C17H20N4O2/c1-2-4-16-19-17(20-23-16)14-5-7-15(8-6-14)22-12-3-10-21-11-9-18-13-21/h5-9,11,13H,2-4,10,12H2,1H3. The highest BCUT2D eigenvalue weighted by Crippen LogP contribution is 2.20. The van der Waals surface area contributed by atoms with E-state index >= 15 is 0 Å². The van der Waals surface area contributed by atoms with Crippen molar-refractivity contribution in [2.45, 2.75) is 32.7 Å². The number of imidazole rings is 1. The van der Waals surface area contributed by atoms with Crippen LogP contribution in [0.4, 0.5) is 0 Å². The van der Waals surface area contributed by atoms with Gasteiger partial charge in [-0.1, -0.05) is 12.1 Å². The van der Waals surface area contributed by atoms with Gasteiger partial charge in [0.05, 0.1) is 12.9 Å². The Morgan fingerprint density at radius 2 is 2.09 bits per heavy atom. The lowest BCUT2D eigenvalue weighted by atomic mass is 10.2. The van der Waals surface area contributed by atoms with Crippen molar-refractivity contribution in [3.05, 3.63) is 48.9 Å². The highest BCUT2D eigenvalue weighted by molar-refractivity contribution is 5.55. The van der Waals surface area contributed by atoms with Crippen LogP contribution < -0.4 is 4.74 Å². The molecule has 23 heavy (non-hydrogen) atoms. The Balaban J connectivity index is 1.50. The Morgan fingerprint density at radius 3 is 2.83 bits per heavy atom. The maximum absolute atomic E-state index is 5.74. The third kappa shape index (κ3) is 4.18. The Labute approximate surface area is 135 Å². The molecule has 0 amide bonds. The van der Waals surface area contributed by atoms with Gasteiger partial charge in [-0.25, -0.2) is 4.98 Å². The summed E-state index contributed by atoms with van der Waals surface area (Å²) in [6, 6.07) is 7.77. The number of aryl methyl sites for hydroxylation is 2. The molecule has 2 aromatic heterocycles. The van der Waals surface area contributed by atoms with Crippen LogP contribution in [-0.4, -0.2) is 26.3 Å². The Morgan fingerprint density at radius 1 is 1.22 bits per heavy atom. The third-order valence-electron chi connectivity index (χ3n) is 3.43. The lowest BCUT2D eigenvalue weighted by Crippen LogP contribution is -2.02. The summed E-state index contributed by atoms with van der Waals surface area (Å²) in [4.78, 5) is 8.39. The second-order valence-corrected chi connectivity index (χ2v) is 5.29. The molecule has 3 rings (SSSR count). The van der Waals surface area contributed by atoms with Gasteiger partial charge >= 0.3 is 0 Å². The molecule has 0 bridgehead atoms. The fraction of sp³-hybridized carbons (Fsp3) is 0.353. The topological polar surface area (TPSA) is 66.0 Å².